The van der Waals surface area contributed by atoms with Crippen molar-refractivity contribution in [1.82, 2.24) is 45.3 Å². The molecular weight excluding hydrogens is 578 g/mol. The number of amides is 1. The highest BCUT2D eigenvalue weighted by molar-refractivity contribution is 9.10. The van der Waals surface area contributed by atoms with Gasteiger partial charge in [-0.3, -0.25) is 14.3 Å². The number of carbonyl (C=O) groups excluding carboxylic acids is 1. The summed E-state index contributed by atoms with van der Waals surface area (Å²) in [5.74, 6) is 2.10. The van der Waals surface area contributed by atoms with E-state index in [1.54, 1.807) is 12.4 Å². The lowest BCUT2D eigenvalue weighted by atomic mass is 9.89. The molecule has 1 aliphatic heterocycles. The Bertz CT molecular complexity index is 1530. The molecule has 6 rings (SSSR count). The number of piperidine rings is 1. The van der Waals surface area contributed by atoms with Gasteiger partial charge in [-0.15, -0.1) is 20.4 Å². The van der Waals surface area contributed by atoms with Crippen molar-refractivity contribution in [3.63, 3.8) is 0 Å². The predicted octanol–water partition coefficient (Wildman–Crippen LogP) is 4.77. The number of rotatable bonds is 7. The standard InChI is InChI=1S/C27H24BrN9OS/c28-22-7-9-23(10-8-22)37-26(21-2-1-13-29-16-21)32-33-27(37)39-17-24(38)36-14-11-19(12-15-36)18-3-5-20(6-4-18)25-30-34-35-31-25/h1-10,13,16,19H,11-12,14-15,17H2,(H,30,31,34,35). The van der Waals surface area contributed by atoms with Crippen LogP contribution in [0.15, 0.2) is 82.7 Å². The van der Waals surface area contributed by atoms with Crippen molar-refractivity contribution < 1.29 is 4.79 Å². The van der Waals surface area contributed by atoms with Crippen LogP contribution in [0.1, 0.15) is 24.3 Å². The number of aromatic nitrogens is 8. The number of likely N-dealkylation sites (tertiary alicyclic amines) is 1. The molecule has 1 amide bonds. The lowest BCUT2D eigenvalue weighted by molar-refractivity contribution is -0.129. The third-order valence-electron chi connectivity index (χ3n) is 6.80. The van der Waals surface area contributed by atoms with Crippen molar-refractivity contribution in [3.8, 4) is 28.5 Å². The van der Waals surface area contributed by atoms with E-state index in [4.69, 9.17) is 0 Å². The van der Waals surface area contributed by atoms with Gasteiger partial charge >= 0.3 is 0 Å². The number of aromatic amines is 1. The van der Waals surface area contributed by atoms with Gasteiger partial charge in [0, 0.05) is 46.8 Å². The van der Waals surface area contributed by atoms with Gasteiger partial charge in [-0.25, -0.2) is 0 Å². The van der Waals surface area contributed by atoms with Gasteiger partial charge in [0.15, 0.2) is 11.0 Å². The third-order valence-corrected chi connectivity index (χ3v) is 8.24. The van der Waals surface area contributed by atoms with Gasteiger partial charge in [0.25, 0.3) is 0 Å². The number of tetrazole rings is 1. The number of benzene rings is 2. The molecule has 4 heterocycles. The molecule has 1 aliphatic rings. The van der Waals surface area contributed by atoms with E-state index in [1.165, 1.54) is 17.3 Å². The van der Waals surface area contributed by atoms with Crippen LogP contribution in [0.3, 0.4) is 0 Å². The molecule has 196 valence electrons. The molecule has 1 fully saturated rings. The zero-order valence-electron chi connectivity index (χ0n) is 20.8. The van der Waals surface area contributed by atoms with E-state index in [0.717, 1.165) is 47.2 Å². The lowest BCUT2D eigenvalue weighted by Crippen LogP contribution is -2.39. The SMILES string of the molecule is O=C(CSc1nnc(-c2cccnc2)n1-c1ccc(Br)cc1)N1CCC(c2ccc(-c3nn[nH]n3)cc2)CC1. The monoisotopic (exact) mass is 601 g/mol. The maximum Gasteiger partial charge on any atom is 0.233 e. The summed E-state index contributed by atoms with van der Waals surface area (Å²) >= 11 is 4.91. The molecule has 2 aromatic carbocycles. The van der Waals surface area contributed by atoms with Crippen molar-refractivity contribution in [1.29, 1.82) is 0 Å². The largest absolute Gasteiger partial charge is 0.342 e. The van der Waals surface area contributed by atoms with Gasteiger partial charge in [0.2, 0.25) is 11.7 Å². The number of halogens is 1. The van der Waals surface area contributed by atoms with Crippen molar-refractivity contribution in [2.75, 3.05) is 18.8 Å². The van der Waals surface area contributed by atoms with Crippen LogP contribution in [0.25, 0.3) is 28.5 Å². The van der Waals surface area contributed by atoms with Gasteiger partial charge < -0.3 is 4.90 Å². The number of carbonyl (C=O) groups is 1. The Labute approximate surface area is 237 Å². The van der Waals surface area contributed by atoms with E-state index in [-0.39, 0.29) is 5.91 Å². The molecule has 1 N–H and O–H groups in total. The summed E-state index contributed by atoms with van der Waals surface area (Å²) in [5.41, 5.74) is 3.98. The minimum Gasteiger partial charge on any atom is -0.342 e. The second-order valence-corrected chi connectivity index (χ2v) is 11.0. The summed E-state index contributed by atoms with van der Waals surface area (Å²) < 4.78 is 2.96. The first kappa shape index (κ1) is 25.4. The molecule has 0 unspecified atom stereocenters. The number of pyridine rings is 1. The number of hydrogen-bond acceptors (Lipinski definition) is 8. The van der Waals surface area contributed by atoms with E-state index < -0.39 is 0 Å². The quantitative estimate of drug-likeness (QED) is 0.265. The molecular formula is C27H24BrN9OS. The fourth-order valence-electron chi connectivity index (χ4n) is 4.74. The second-order valence-electron chi connectivity index (χ2n) is 9.16. The first-order valence-corrected chi connectivity index (χ1v) is 14.3. The smallest absolute Gasteiger partial charge is 0.233 e. The maximum atomic E-state index is 13.2. The summed E-state index contributed by atoms with van der Waals surface area (Å²) in [4.78, 5) is 19.4. The summed E-state index contributed by atoms with van der Waals surface area (Å²) in [6, 6.07) is 20.1. The van der Waals surface area contributed by atoms with Crippen molar-refractivity contribution in [2.24, 2.45) is 0 Å². The van der Waals surface area contributed by atoms with E-state index in [9.17, 15) is 4.79 Å². The molecule has 5 aromatic rings. The van der Waals surface area contributed by atoms with Crippen LogP contribution in [-0.4, -0.2) is 70.0 Å². The molecule has 3 aromatic heterocycles. The van der Waals surface area contributed by atoms with Crippen LogP contribution in [-0.2, 0) is 4.79 Å². The zero-order chi connectivity index (χ0) is 26.6. The van der Waals surface area contributed by atoms with Gasteiger partial charge in [-0.1, -0.05) is 52.0 Å². The Hall–Kier alpha value is -3.90. The zero-order valence-corrected chi connectivity index (χ0v) is 23.2. The number of thioether (sulfide) groups is 1. The Morgan fingerprint density at radius 2 is 1.77 bits per heavy atom. The number of H-pyrrole nitrogens is 1. The van der Waals surface area contributed by atoms with Crippen LogP contribution >= 0.6 is 27.7 Å². The maximum absolute atomic E-state index is 13.2. The molecule has 39 heavy (non-hydrogen) atoms. The molecule has 0 spiro atoms. The first-order chi connectivity index (χ1) is 19.2. The molecule has 0 aliphatic carbocycles. The first-order valence-electron chi connectivity index (χ1n) is 12.5. The fourth-order valence-corrected chi connectivity index (χ4v) is 5.86. The average molecular weight is 603 g/mol. The molecule has 1 saturated heterocycles. The van der Waals surface area contributed by atoms with Crippen LogP contribution in [0.4, 0.5) is 0 Å². The van der Waals surface area contributed by atoms with Crippen LogP contribution < -0.4 is 0 Å². The summed E-state index contributed by atoms with van der Waals surface area (Å²) in [6.07, 6.45) is 5.35. The fraction of sp³-hybridized carbons (Fsp3) is 0.222. The Morgan fingerprint density at radius 1 is 0.974 bits per heavy atom. The second kappa shape index (κ2) is 11.5. The normalized spacial score (nSPS) is 14.0. The van der Waals surface area contributed by atoms with Gasteiger partial charge in [-0.2, -0.15) is 5.21 Å². The van der Waals surface area contributed by atoms with Gasteiger partial charge in [0.05, 0.1) is 5.75 Å². The van der Waals surface area contributed by atoms with Crippen molar-refractivity contribution in [2.45, 2.75) is 23.9 Å². The number of hydrogen-bond donors (Lipinski definition) is 1. The van der Waals surface area contributed by atoms with Crippen LogP contribution in [0, 0.1) is 0 Å². The molecule has 0 bridgehead atoms. The molecule has 0 atom stereocenters. The topological polar surface area (TPSA) is 118 Å². The van der Waals surface area contributed by atoms with E-state index >= 15 is 0 Å². The summed E-state index contributed by atoms with van der Waals surface area (Å²) in [6.45, 7) is 1.47. The van der Waals surface area contributed by atoms with Crippen molar-refractivity contribution in [3.05, 3.63) is 83.1 Å². The highest BCUT2D eigenvalue weighted by atomic mass is 79.9. The Balaban J connectivity index is 1.11. The average Bonchev–Trinajstić information content (AvgIpc) is 3.68. The lowest BCUT2D eigenvalue weighted by Gasteiger charge is -2.32. The third kappa shape index (κ3) is 5.62. The molecule has 10 nitrogen and oxygen atoms in total. The summed E-state index contributed by atoms with van der Waals surface area (Å²) in [7, 11) is 0. The predicted molar refractivity (Wildman–Crippen MR) is 151 cm³/mol. The Morgan fingerprint density at radius 3 is 2.46 bits per heavy atom. The summed E-state index contributed by atoms with van der Waals surface area (Å²) in [5, 5.41) is 23.7. The Kier molecular flexibility index (Phi) is 7.46. The van der Waals surface area contributed by atoms with Crippen molar-refractivity contribution >= 4 is 33.6 Å². The van der Waals surface area contributed by atoms with Gasteiger partial charge in [-0.05, 0) is 65.9 Å². The number of nitrogens with zero attached hydrogens (tertiary/aromatic N) is 8. The number of nitrogens with one attached hydrogen (secondary N) is 1. The van der Waals surface area contributed by atoms with E-state index in [1.807, 2.05) is 58.0 Å². The van der Waals surface area contributed by atoms with E-state index in [0.29, 0.717) is 28.5 Å². The highest BCUT2D eigenvalue weighted by Gasteiger charge is 2.25. The van der Waals surface area contributed by atoms with Crippen LogP contribution in [0.2, 0.25) is 0 Å². The molecule has 0 radical (unpaired) electrons. The van der Waals surface area contributed by atoms with Gasteiger partial charge in [0.1, 0.15) is 0 Å². The van der Waals surface area contributed by atoms with E-state index in [2.05, 4.69) is 63.9 Å². The minimum absolute atomic E-state index is 0.110. The molecule has 12 heteroatoms. The minimum atomic E-state index is 0.110. The van der Waals surface area contributed by atoms with Crippen LogP contribution in [0.5, 0.6) is 0 Å². The highest BCUT2D eigenvalue weighted by Crippen LogP contribution is 2.31. The molecule has 0 saturated carbocycles.